The van der Waals surface area contributed by atoms with Crippen LogP contribution in [0.1, 0.15) is 10.4 Å². The predicted molar refractivity (Wildman–Crippen MR) is 80.6 cm³/mol. The molecule has 0 bridgehead atoms. The third-order valence-electron chi connectivity index (χ3n) is 2.49. The van der Waals surface area contributed by atoms with E-state index >= 15 is 0 Å². The van der Waals surface area contributed by atoms with E-state index in [1.54, 1.807) is 0 Å². The number of carbonyl (C=O) groups is 1. The van der Waals surface area contributed by atoms with Gasteiger partial charge in [0.15, 0.2) is 0 Å². The Labute approximate surface area is 121 Å². The first-order valence-corrected chi connectivity index (χ1v) is 6.93. The van der Waals surface area contributed by atoms with Gasteiger partial charge in [-0.25, -0.2) is 4.79 Å². The minimum Gasteiger partial charge on any atom is -0.384 e. The second kappa shape index (κ2) is 7.34. The van der Waals surface area contributed by atoms with Gasteiger partial charge in [-0.1, -0.05) is 30.0 Å². The molecule has 0 radical (unpaired) electrons. The van der Waals surface area contributed by atoms with Crippen LogP contribution in [0.2, 0.25) is 0 Å². The average molecular weight is 286 g/mol. The highest BCUT2D eigenvalue weighted by atomic mass is 32.1. The summed E-state index contributed by atoms with van der Waals surface area (Å²) in [6, 6.07) is 10.9. The molecule has 20 heavy (non-hydrogen) atoms. The summed E-state index contributed by atoms with van der Waals surface area (Å²) in [4.78, 5) is 12.7. The molecular weight excluding hydrogens is 272 g/mol. The summed E-state index contributed by atoms with van der Waals surface area (Å²) in [5.74, 6) is 5.46. The minimum absolute atomic E-state index is 0.169. The van der Waals surface area contributed by atoms with E-state index < -0.39 is 0 Å². The fraction of sp³-hybridized carbons (Fsp3) is 0.133. The topological polar surface area (TPSA) is 61.4 Å². The average Bonchev–Trinajstić information content (AvgIpc) is 2.91. The lowest BCUT2D eigenvalue weighted by atomic mass is 10.2. The first kappa shape index (κ1) is 14.1. The monoisotopic (exact) mass is 286 g/mol. The molecule has 2 aromatic rings. The first-order valence-electron chi connectivity index (χ1n) is 6.05. The zero-order valence-electron chi connectivity index (χ0n) is 10.7. The van der Waals surface area contributed by atoms with Crippen molar-refractivity contribution in [2.75, 3.05) is 11.9 Å². The van der Waals surface area contributed by atoms with Crippen LogP contribution in [0.15, 0.2) is 41.8 Å². The van der Waals surface area contributed by atoms with Crippen molar-refractivity contribution >= 4 is 23.1 Å². The Hall–Kier alpha value is -2.29. The van der Waals surface area contributed by atoms with Crippen molar-refractivity contribution in [2.24, 2.45) is 0 Å². The molecule has 5 heteroatoms. The van der Waals surface area contributed by atoms with Crippen LogP contribution in [-0.2, 0) is 6.54 Å². The van der Waals surface area contributed by atoms with E-state index in [2.05, 4.69) is 22.5 Å². The molecule has 0 aliphatic heterocycles. The number of rotatable bonds is 3. The molecule has 1 aromatic carbocycles. The number of benzene rings is 1. The summed E-state index contributed by atoms with van der Waals surface area (Å²) in [6.07, 6.45) is 0. The van der Waals surface area contributed by atoms with E-state index in [1.165, 1.54) is 11.3 Å². The molecule has 1 aromatic heterocycles. The first-order chi connectivity index (χ1) is 9.79. The molecule has 0 spiro atoms. The number of para-hydroxylation sites is 1. The molecule has 1 heterocycles. The lowest BCUT2D eigenvalue weighted by Gasteiger charge is -2.06. The van der Waals surface area contributed by atoms with Crippen LogP contribution in [0.25, 0.3) is 0 Å². The molecule has 2 rings (SSSR count). The highest BCUT2D eigenvalue weighted by molar-refractivity contribution is 7.10. The number of aliphatic hydroxyl groups is 1. The molecular formula is C15H14N2O2S. The summed E-state index contributed by atoms with van der Waals surface area (Å²) in [5, 5.41) is 16.1. The van der Waals surface area contributed by atoms with E-state index in [0.717, 1.165) is 16.1 Å². The van der Waals surface area contributed by atoms with Crippen molar-refractivity contribution in [3.63, 3.8) is 0 Å². The molecule has 102 valence electrons. The van der Waals surface area contributed by atoms with Crippen LogP contribution >= 0.6 is 11.3 Å². The molecule has 2 amide bonds. The van der Waals surface area contributed by atoms with Crippen LogP contribution in [-0.4, -0.2) is 17.7 Å². The molecule has 0 saturated heterocycles. The van der Waals surface area contributed by atoms with Gasteiger partial charge in [-0.05, 0) is 23.6 Å². The van der Waals surface area contributed by atoms with E-state index in [0.29, 0.717) is 6.54 Å². The summed E-state index contributed by atoms with van der Waals surface area (Å²) < 4.78 is 0. The quantitative estimate of drug-likeness (QED) is 0.759. The standard InChI is InChI=1S/C15H14N2O2S/c18-9-4-5-12-8-10-20-14(12)11-16-15(19)17-13-6-2-1-3-7-13/h1-3,6-8,10,18H,9,11H2,(H2,16,17,19). The normalized spacial score (nSPS) is 9.45. The van der Waals surface area contributed by atoms with E-state index in [9.17, 15) is 4.79 Å². The largest absolute Gasteiger partial charge is 0.384 e. The van der Waals surface area contributed by atoms with Crippen molar-refractivity contribution in [3.05, 3.63) is 52.2 Å². The molecule has 0 aliphatic rings. The summed E-state index contributed by atoms with van der Waals surface area (Å²) in [5.41, 5.74) is 1.58. The summed E-state index contributed by atoms with van der Waals surface area (Å²) >= 11 is 1.52. The van der Waals surface area contributed by atoms with E-state index in [-0.39, 0.29) is 12.6 Å². The third kappa shape index (κ3) is 4.12. The Morgan fingerprint density at radius 1 is 1.25 bits per heavy atom. The van der Waals surface area contributed by atoms with Crippen molar-refractivity contribution in [1.82, 2.24) is 5.32 Å². The summed E-state index contributed by atoms with van der Waals surface area (Å²) in [7, 11) is 0. The van der Waals surface area contributed by atoms with E-state index in [4.69, 9.17) is 5.11 Å². The second-order valence-electron chi connectivity index (χ2n) is 3.89. The number of amides is 2. The van der Waals surface area contributed by atoms with Gasteiger partial charge < -0.3 is 15.7 Å². The highest BCUT2D eigenvalue weighted by Gasteiger charge is 2.05. The second-order valence-corrected chi connectivity index (χ2v) is 4.89. The van der Waals surface area contributed by atoms with E-state index in [1.807, 2.05) is 41.8 Å². The number of nitrogens with one attached hydrogen (secondary N) is 2. The number of urea groups is 1. The molecule has 0 aliphatic carbocycles. The third-order valence-corrected chi connectivity index (χ3v) is 3.41. The number of aliphatic hydroxyl groups excluding tert-OH is 1. The number of carbonyl (C=O) groups excluding carboxylic acids is 1. The molecule has 0 fully saturated rings. The Balaban J connectivity index is 1.89. The van der Waals surface area contributed by atoms with Crippen LogP contribution in [0.5, 0.6) is 0 Å². The molecule has 0 saturated carbocycles. The van der Waals surface area contributed by atoms with Crippen LogP contribution in [0.3, 0.4) is 0 Å². The molecule has 4 nitrogen and oxygen atoms in total. The van der Waals surface area contributed by atoms with Crippen LogP contribution < -0.4 is 10.6 Å². The predicted octanol–water partition coefficient (Wildman–Crippen LogP) is 2.41. The van der Waals surface area contributed by atoms with Gasteiger partial charge in [-0.2, -0.15) is 0 Å². The molecule has 0 unspecified atom stereocenters. The zero-order valence-corrected chi connectivity index (χ0v) is 11.5. The maximum absolute atomic E-state index is 11.7. The maximum Gasteiger partial charge on any atom is 0.319 e. The Morgan fingerprint density at radius 2 is 2.05 bits per heavy atom. The minimum atomic E-state index is -0.259. The van der Waals surface area contributed by atoms with Crippen LogP contribution in [0.4, 0.5) is 10.5 Å². The van der Waals surface area contributed by atoms with Gasteiger partial charge in [0.05, 0.1) is 6.54 Å². The lowest BCUT2D eigenvalue weighted by molar-refractivity contribution is 0.252. The van der Waals surface area contributed by atoms with Gasteiger partial charge in [-0.3, -0.25) is 0 Å². The van der Waals surface area contributed by atoms with Gasteiger partial charge in [0.2, 0.25) is 0 Å². The van der Waals surface area contributed by atoms with Crippen LogP contribution in [0, 0.1) is 11.8 Å². The number of thiophene rings is 1. The lowest BCUT2D eigenvalue weighted by Crippen LogP contribution is -2.28. The van der Waals surface area contributed by atoms with Gasteiger partial charge in [0.25, 0.3) is 0 Å². The van der Waals surface area contributed by atoms with Gasteiger partial charge in [0.1, 0.15) is 6.61 Å². The molecule has 0 atom stereocenters. The van der Waals surface area contributed by atoms with Crippen molar-refractivity contribution in [2.45, 2.75) is 6.54 Å². The SMILES string of the molecule is O=C(NCc1sccc1C#CCO)Nc1ccccc1. The van der Waals surface area contributed by atoms with Crippen molar-refractivity contribution < 1.29 is 9.90 Å². The maximum atomic E-state index is 11.7. The molecule has 3 N–H and O–H groups in total. The van der Waals surface area contributed by atoms with Crippen molar-refractivity contribution in [3.8, 4) is 11.8 Å². The Morgan fingerprint density at radius 3 is 2.80 bits per heavy atom. The van der Waals surface area contributed by atoms with Gasteiger partial charge >= 0.3 is 6.03 Å². The Kier molecular flexibility index (Phi) is 5.18. The number of hydrogen-bond acceptors (Lipinski definition) is 3. The fourth-order valence-corrected chi connectivity index (χ4v) is 2.35. The fourth-order valence-electron chi connectivity index (χ4n) is 1.58. The van der Waals surface area contributed by atoms with Crippen molar-refractivity contribution in [1.29, 1.82) is 0 Å². The van der Waals surface area contributed by atoms with Gasteiger partial charge in [0, 0.05) is 16.1 Å². The summed E-state index contributed by atoms with van der Waals surface area (Å²) in [6.45, 7) is 0.239. The number of anilines is 1. The Bertz CT molecular complexity index is 626. The van der Waals surface area contributed by atoms with Gasteiger partial charge in [-0.15, -0.1) is 11.3 Å². The highest BCUT2D eigenvalue weighted by Crippen LogP contribution is 2.15. The number of hydrogen-bond donors (Lipinski definition) is 3. The smallest absolute Gasteiger partial charge is 0.319 e. The zero-order chi connectivity index (χ0) is 14.2.